The fraction of sp³-hybridized carbons (Fsp3) is 0.600. The first-order chi connectivity index (χ1) is 4.63. The van der Waals surface area contributed by atoms with Gasteiger partial charge in [0, 0.05) is 0 Å². The third-order valence-corrected chi connectivity index (χ3v) is 1.46. The van der Waals surface area contributed by atoms with Crippen LogP contribution in [0.15, 0.2) is 0 Å². The van der Waals surface area contributed by atoms with E-state index in [1.54, 1.807) is 11.9 Å². The third kappa shape index (κ3) is 0.950. The number of nitrogens with zero attached hydrogens (tertiary/aromatic N) is 1. The van der Waals surface area contributed by atoms with Crippen molar-refractivity contribution in [1.29, 1.82) is 0 Å². The first-order valence-corrected chi connectivity index (χ1v) is 2.90. The van der Waals surface area contributed by atoms with Gasteiger partial charge in [0.2, 0.25) is 11.8 Å². The lowest BCUT2D eigenvalue weighted by Gasteiger charge is -2.10. The van der Waals surface area contributed by atoms with Gasteiger partial charge in [0.1, 0.15) is 0 Å². The second kappa shape index (κ2) is 2.26. The lowest BCUT2D eigenvalue weighted by atomic mass is 10.3. The summed E-state index contributed by atoms with van der Waals surface area (Å²) in [7, 11) is 1.66. The van der Waals surface area contributed by atoms with E-state index in [0.29, 0.717) is 6.67 Å². The van der Waals surface area contributed by atoms with Crippen LogP contribution in [0.3, 0.4) is 0 Å². The number of carbonyl (C=O) groups excluding carboxylic acids is 2. The highest BCUT2D eigenvalue weighted by Gasteiger charge is 2.33. The van der Waals surface area contributed by atoms with Crippen LogP contribution < -0.4 is 11.1 Å². The van der Waals surface area contributed by atoms with Crippen LogP contribution in [-0.2, 0) is 9.59 Å². The Morgan fingerprint density at radius 3 is 2.70 bits per heavy atom. The number of amides is 2. The van der Waals surface area contributed by atoms with Gasteiger partial charge in [-0.2, -0.15) is 0 Å². The van der Waals surface area contributed by atoms with Crippen molar-refractivity contribution < 1.29 is 9.59 Å². The first kappa shape index (κ1) is 7.01. The summed E-state index contributed by atoms with van der Waals surface area (Å²) in [6.45, 7) is 0.395. The monoisotopic (exact) mass is 143 g/mol. The normalized spacial score (nSPS) is 26.5. The van der Waals surface area contributed by atoms with Crippen LogP contribution in [0.1, 0.15) is 0 Å². The highest BCUT2D eigenvalue weighted by molar-refractivity contribution is 6.04. The molecule has 0 spiro atoms. The Morgan fingerprint density at radius 1 is 1.90 bits per heavy atom. The summed E-state index contributed by atoms with van der Waals surface area (Å²) in [4.78, 5) is 22.9. The smallest absolute Gasteiger partial charge is 0.248 e. The van der Waals surface area contributed by atoms with E-state index in [1.165, 1.54) is 0 Å². The van der Waals surface area contributed by atoms with E-state index >= 15 is 0 Å². The molecule has 0 aliphatic carbocycles. The molecule has 5 heteroatoms. The van der Waals surface area contributed by atoms with E-state index in [2.05, 4.69) is 5.32 Å². The lowest BCUT2D eigenvalue weighted by molar-refractivity contribution is -0.130. The zero-order valence-corrected chi connectivity index (χ0v) is 5.63. The van der Waals surface area contributed by atoms with Crippen molar-refractivity contribution in [3.05, 3.63) is 0 Å². The maximum Gasteiger partial charge on any atom is 0.248 e. The van der Waals surface area contributed by atoms with E-state index in [-0.39, 0.29) is 5.91 Å². The van der Waals surface area contributed by atoms with Gasteiger partial charge in [-0.15, -0.1) is 0 Å². The average Bonchev–Trinajstić information content (AvgIpc) is 2.11. The number of nitrogens with one attached hydrogen (secondary N) is 1. The van der Waals surface area contributed by atoms with Crippen molar-refractivity contribution in [1.82, 2.24) is 10.2 Å². The summed E-state index contributed by atoms with van der Waals surface area (Å²) >= 11 is 0. The Labute approximate surface area is 58.2 Å². The highest BCUT2D eigenvalue weighted by Crippen LogP contribution is 2.00. The summed E-state index contributed by atoms with van der Waals surface area (Å²) in [5.41, 5.74) is 4.94. The third-order valence-electron chi connectivity index (χ3n) is 1.46. The second-order valence-electron chi connectivity index (χ2n) is 2.26. The Morgan fingerprint density at radius 2 is 2.50 bits per heavy atom. The van der Waals surface area contributed by atoms with Crippen molar-refractivity contribution in [2.45, 2.75) is 6.04 Å². The van der Waals surface area contributed by atoms with Crippen molar-refractivity contribution in [3.8, 4) is 0 Å². The number of hydrogen-bond donors (Lipinski definition) is 2. The minimum Gasteiger partial charge on any atom is -0.368 e. The molecule has 0 saturated carbocycles. The largest absolute Gasteiger partial charge is 0.368 e. The van der Waals surface area contributed by atoms with Crippen LogP contribution in [-0.4, -0.2) is 36.5 Å². The fourth-order valence-corrected chi connectivity index (χ4v) is 0.937. The predicted molar refractivity (Wildman–Crippen MR) is 33.8 cm³/mol. The Balaban J connectivity index is 2.72. The zero-order chi connectivity index (χ0) is 7.72. The van der Waals surface area contributed by atoms with Crippen molar-refractivity contribution in [2.24, 2.45) is 5.73 Å². The SMILES string of the molecule is CN1CNC(=O)[C@H]1C(N)=O. The maximum absolute atomic E-state index is 10.8. The summed E-state index contributed by atoms with van der Waals surface area (Å²) in [6.07, 6.45) is 0. The van der Waals surface area contributed by atoms with Gasteiger partial charge in [-0.25, -0.2) is 0 Å². The van der Waals surface area contributed by atoms with Gasteiger partial charge >= 0.3 is 0 Å². The molecular weight excluding hydrogens is 134 g/mol. The van der Waals surface area contributed by atoms with Crippen LogP contribution in [0.2, 0.25) is 0 Å². The highest BCUT2D eigenvalue weighted by atomic mass is 16.2. The van der Waals surface area contributed by atoms with Crippen LogP contribution in [0.25, 0.3) is 0 Å². The van der Waals surface area contributed by atoms with Gasteiger partial charge in [-0.05, 0) is 7.05 Å². The molecule has 1 aliphatic rings. The molecule has 1 heterocycles. The molecule has 1 aliphatic heterocycles. The molecule has 0 radical (unpaired) electrons. The van der Waals surface area contributed by atoms with E-state index in [1.807, 2.05) is 0 Å². The van der Waals surface area contributed by atoms with Gasteiger partial charge in [0.15, 0.2) is 6.04 Å². The number of likely N-dealkylation sites (N-methyl/N-ethyl adjacent to an activating group) is 1. The van der Waals surface area contributed by atoms with E-state index in [9.17, 15) is 9.59 Å². The number of carbonyl (C=O) groups is 2. The maximum atomic E-state index is 10.8. The topological polar surface area (TPSA) is 75.4 Å². The predicted octanol–water partition coefficient (Wildman–Crippen LogP) is -2.14. The number of nitrogens with two attached hydrogens (primary N) is 1. The van der Waals surface area contributed by atoms with E-state index in [0.717, 1.165) is 0 Å². The number of hydrogen-bond acceptors (Lipinski definition) is 3. The van der Waals surface area contributed by atoms with Crippen LogP contribution in [0.5, 0.6) is 0 Å². The Kier molecular flexibility index (Phi) is 1.58. The molecule has 3 N–H and O–H groups in total. The van der Waals surface area contributed by atoms with Gasteiger partial charge in [0.25, 0.3) is 0 Å². The first-order valence-electron chi connectivity index (χ1n) is 2.90. The van der Waals surface area contributed by atoms with E-state index < -0.39 is 11.9 Å². The van der Waals surface area contributed by atoms with Crippen LogP contribution in [0, 0.1) is 0 Å². The van der Waals surface area contributed by atoms with Gasteiger partial charge in [-0.1, -0.05) is 0 Å². The molecule has 0 bridgehead atoms. The average molecular weight is 143 g/mol. The molecule has 0 aromatic carbocycles. The molecule has 1 saturated heterocycles. The standard InChI is InChI=1S/C5H9N3O2/c1-8-2-7-5(10)3(8)4(6)9/h3H,2H2,1H3,(H2,6,9)(H,7,10)/t3-/m1/s1. The second-order valence-corrected chi connectivity index (χ2v) is 2.26. The molecule has 2 amide bonds. The molecular formula is C5H9N3O2. The van der Waals surface area contributed by atoms with Gasteiger partial charge in [0.05, 0.1) is 6.67 Å². The zero-order valence-electron chi connectivity index (χ0n) is 5.63. The minimum atomic E-state index is -0.778. The van der Waals surface area contributed by atoms with Crippen molar-refractivity contribution in [2.75, 3.05) is 13.7 Å². The van der Waals surface area contributed by atoms with Gasteiger partial charge in [-0.3, -0.25) is 14.5 Å². The molecule has 10 heavy (non-hydrogen) atoms. The molecule has 0 unspecified atom stereocenters. The van der Waals surface area contributed by atoms with Crippen LogP contribution >= 0.6 is 0 Å². The molecule has 56 valence electrons. The molecule has 5 nitrogen and oxygen atoms in total. The van der Waals surface area contributed by atoms with Crippen LogP contribution in [0.4, 0.5) is 0 Å². The summed E-state index contributed by atoms with van der Waals surface area (Å²) < 4.78 is 0. The molecule has 1 fully saturated rings. The summed E-state index contributed by atoms with van der Waals surface area (Å²) in [5.74, 6) is -0.910. The lowest BCUT2D eigenvalue weighted by Crippen LogP contribution is -2.42. The Hall–Kier alpha value is -1.10. The van der Waals surface area contributed by atoms with Gasteiger partial charge < -0.3 is 11.1 Å². The van der Waals surface area contributed by atoms with E-state index in [4.69, 9.17) is 5.73 Å². The number of primary amides is 1. The number of rotatable bonds is 1. The Bertz CT molecular complexity index is 180. The minimum absolute atomic E-state index is 0.310. The van der Waals surface area contributed by atoms with Crippen molar-refractivity contribution >= 4 is 11.8 Å². The fourth-order valence-electron chi connectivity index (χ4n) is 0.937. The summed E-state index contributed by atoms with van der Waals surface area (Å²) in [5, 5.41) is 2.49. The quantitative estimate of drug-likeness (QED) is 0.411. The molecule has 0 aromatic heterocycles. The molecule has 1 atom stereocenters. The molecule has 0 aromatic rings. The van der Waals surface area contributed by atoms with Crippen molar-refractivity contribution in [3.63, 3.8) is 0 Å². The molecule has 1 rings (SSSR count). The summed E-state index contributed by atoms with van der Waals surface area (Å²) in [6, 6.07) is -0.778.